The van der Waals surface area contributed by atoms with Crippen LogP contribution in [-0.2, 0) is 14.8 Å². The molecule has 2 fully saturated rings. The van der Waals surface area contributed by atoms with Crippen LogP contribution in [0.3, 0.4) is 0 Å². The number of aliphatic carboxylic acids is 1. The average molecular weight is 504 g/mol. The summed E-state index contributed by atoms with van der Waals surface area (Å²) in [6.45, 7) is 1.98. The summed E-state index contributed by atoms with van der Waals surface area (Å²) >= 11 is 1.74. The zero-order chi connectivity index (χ0) is 23.9. The number of piperidine rings is 1. The molecule has 7 nitrogen and oxygen atoms in total. The second-order valence-corrected chi connectivity index (χ2v) is 12.7. The van der Waals surface area contributed by atoms with Crippen molar-refractivity contribution in [1.29, 1.82) is 0 Å². The van der Waals surface area contributed by atoms with Gasteiger partial charge in [0.15, 0.2) is 11.5 Å². The van der Waals surface area contributed by atoms with Crippen molar-refractivity contribution in [3.05, 3.63) is 53.6 Å². The Morgan fingerprint density at radius 1 is 1.06 bits per heavy atom. The molecule has 2 aromatic carbocycles. The zero-order valence-corrected chi connectivity index (χ0v) is 20.7. The Bertz CT molecular complexity index is 1160. The fourth-order valence-electron chi connectivity index (χ4n) is 5.13. The fourth-order valence-corrected chi connectivity index (χ4v) is 8.57. The fraction of sp³-hybridized carbons (Fsp3) is 0.480. The van der Waals surface area contributed by atoms with E-state index in [4.69, 9.17) is 9.47 Å². The number of fused-ring (bicyclic) bond motifs is 1. The second kappa shape index (κ2) is 9.43. The molecule has 182 valence electrons. The van der Waals surface area contributed by atoms with Crippen molar-refractivity contribution in [2.24, 2.45) is 5.92 Å². The van der Waals surface area contributed by atoms with E-state index in [0.29, 0.717) is 23.2 Å². The number of ether oxygens (including phenoxy) is 2. The number of aryl methyl sites for hydroxylation is 1. The molecule has 1 N–H and O–H groups in total. The summed E-state index contributed by atoms with van der Waals surface area (Å²) < 4.78 is 40.0. The lowest BCUT2D eigenvalue weighted by Crippen LogP contribution is -2.49. The minimum absolute atomic E-state index is 0.0605. The Morgan fingerprint density at radius 2 is 1.76 bits per heavy atom. The molecule has 1 saturated heterocycles. The van der Waals surface area contributed by atoms with Crippen LogP contribution < -0.4 is 9.47 Å². The highest BCUT2D eigenvalue weighted by atomic mass is 32.2. The van der Waals surface area contributed by atoms with Gasteiger partial charge < -0.3 is 14.6 Å². The molecule has 3 atom stereocenters. The van der Waals surface area contributed by atoms with Crippen LogP contribution in [0, 0.1) is 12.8 Å². The summed E-state index contributed by atoms with van der Waals surface area (Å²) in [5.74, 6) is -0.488. The molecule has 2 aromatic rings. The first-order chi connectivity index (χ1) is 16.3. The minimum Gasteiger partial charge on any atom is -0.481 e. The highest BCUT2D eigenvalue weighted by molar-refractivity contribution is 8.00. The number of rotatable bonds is 6. The van der Waals surface area contributed by atoms with E-state index >= 15 is 0 Å². The molecule has 1 saturated carbocycles. The number of benzene rings is 2. The number of carboxylic acid groups (broad SMARTS) is 1. The van der Waals surface area contributed by atoms with Crippen LogP contribution in [0.2, 0.25) is 0 Å². The van der Waals surface area contributed by atoms with Crippen molar-refractivity contribution in [1.82, 2.24) is 4.31 Å². The Labute approximate surface area is 204 Å². The van der Waals surface area contributed by atoms with Gasteiger partial charge >= 0.3 is 5.97 Å². The van der Waals surface area contributed by atoms with Gasteiger partial charge in [0.1, 0.15) is 0 Å². The van der Waals surface area contributed by atoms with Gasteiger partial charge in [0, 0.05) is 17.0 Å². The van der Waals surface area contributed by atoms with Crippen LogP contribution in [-0.4, -0.2) is 47.6 Å². The van der Waals surface area contributed by atoms with Crippen LogP contribution in [0.25, 0.3) is 0 Å². The molecule has 5 rings (SSSR count). The lowest BCUT2D eigenvalue weighted by atomic mass is 9.90. The van der Waals surface area contributed by atoms with E-state index in [1.807, 2.05) is 19.1 Å². The van der Waals surface area contributed by atoms with E-state index in [1.54, 1.807) is 42.1 Å². The van der Waals surface area contributed by atoms with Gasteiger partial charge in [-0.25, -0.2) is 8.42 Å². The maximum atomic E-state index is 13.8. The molecule has 34 heavy (non-hydrogen) atoms. The average Bonchev–Trinajstić information content (AvgIpc) is 3.50. The normalized spacial score (nSPS) is 25.5. The summed E-state index contributed by atoms with van der Waals surface area (Å²) in [6, 6.07) is 11.7. The predicted octanol–water partition coefficient (Wildman–Crippen LogP) is 4.60. The van der Waals surface area contributed by atoms with Gasteiger partial charge in [-0.1, -0.05) is 36.6 Å². The summed E-state index contributed by atoms with van der Waals surface area (Å²) in [5.41, 5.74) is 1.75. The first-order valence-electron chi connectivity index (χ1n) is 11.7. The van der Waals surface area contributed by atoms with E-state index < -0.39 is 28.0 Å². The quantitative estimate of drug-likeness (QED) is 0.616. The van der Waals surface area contributed by atoms with Crippen molar-refractivity contribution in [2.45, 2.75) is 60.5 Å². The monoisotopic (exact) mass is 503 g/mol. The van der Waals surface area contributed by atoms with Gasteiger partial charge in [0.25, 0.3) is 0 Å². The predicted molar refractivity (Wildman–Crippen MR) is 130 cm³/mol. The van der Waals surface area contributed by atoms with Gasteiger partial charge in [-0.15, -0.1) is 0 Å². The third-order valence-electron chi connectivity index (χ3n) is 7.02. The third-order valence-corrected chi connectivity index (χ3v) is 10.6. The smallest absolute Gasteiger partial charge is 0.308 e. The van der Waals surface area contributed by atoms with E-state index in [0.717, 1.165) is 24.0 Å². The molecular formula is C25H29NO6S2. The van der Waals surface area contributed by atoms with Crippen LogP contribution in [0.1, 0.15) is 49.3 Å². The summed E-state index contributed by atoms with van der Waals surface area (Å²) in [6.07, 6.45) is 4.95. The minimum atomic E-state index is -3.92. The number of carbonyl (C=O) groups is 1. The molecule has 0 amide bonds. The van der Waals surface area contributed by atoms with Gasteiger partial charge in [0.05, 0.1) is 16.9 Å². The molecule has 2 heterocycles. The Balaban J connectivity index is 1.54. The number of nitrogens with zero attached hydrogens (tertiary/aromatic N) is 1. The number of thioether (sulfide) groups is 1. The maximum Gasteiger partial charge on any atom is 0.308 e. The molecule has 1 aliphatic carbocycles. The molecule has 3 aliphatic rings. The third kappa shape index (κ3) is 4.53. The van der Waals surface area contributed by atoms with Crippen molar-refractivity contribution in [2.75, 3.05) is 13.3 Å². The summed E-state index contributed by atoms with van der Waals surface area (Å²) in [4.78, 5) is 12.5. The van der Waals surface area contributed by atoms with Gasteiger partial charge in [-0.2, -0.15) is 16.1 Å². The largest absolute Gasteiger partial charge is 0.481 e. The standard InChI is InChI=1S/C25H29NO6S2/c1-16-6-9-19(10-7-16)34(29,30)26-14-20(25(27)28)24(33-18-4-2-3-5-18)13-21(26)17-8-11-22-23(12-17)32-15-31-22/h6-12,18,20-21,24H,2-5,13-15H2,1H3,(H,27,28)/t20-,21+,24-/m1/s1. The molecule has 0 radical (unpaired) electrons. The van der Waals surface area contributed by atoms with Crippen molar-refractivity contribution in [3.8, 4) is 11.5 Å². The summed E-state index contributed by atoms with van der Waals surface area (Å²) in [7, 11) is -3.92. The Kier molecular flexibility index (Phi) is 6.52. The molecular weight excluding hydrogens is 474 g/mol. The highest BCUT2D eigenvalue weighted by Crippen LogP contribution is 2.47. The Hall–Kier alpha value is -2.23. The van der Waals surface area contributed by atoms with Crippen LogP contribution >= 0.6 is 11.8 Å². The molecule has 0 spiro atoms. The second-order valence-electron chi connectivity index (χ2n) is 9.28. The van der Waals surface area contributed by atoms with Gasteiger partial charge in [0.2, 0.25) is 16.8 Å². The van der Waals surface area contributed by atoms with E-state index in [2.05, 4.69) is 0 Å². The number of hydrogen-bond acceptors (Lipinski definition) is 6. The summed E-state index contributed by atoms with van der Waals surface area (Å²) in [5, 5.41) is 10.4. The van der Waals surface area contributed by atoms with Gasteiger partial charge in [-0.3, -0.25) is 4.79 Å². The number of carboxylic acids is 1. The van der Waals surface area contributed by atoms with E-state index in [-0.39, 0.29) is 23.5 Å². The first kappa shape index (κ1) is 23.5. The highest BCUT2D eigenvalue weighted by Gasteiger charge is 2.46. The van der Waals surface area contributed by atoms with Crippen molar-refractivity contribution < 1.29 is 27.8 Å². The lowest BCUT2D eigenvalue weighted by molar-refractivity contribution is -0.143. The SMILES string of the molecule is Cc1ccc(S(=O)(=O)N2C[C@@H](C(=O)O)[C@H](SC3CCCC3)C[C@H]2c2ccc3c(c2)OCO3)cc1. The first-order valence-corrected chi connectivity index (χ1v) is 14.1. The Morgan fingerprint density at radius 3 is 2.47 bits per heavy atom. The zero-order valence-electron chi connectivity index (χ0n) is 19.1. The molecule has 0 bridgehead atoms. The van der Waals surface area contributed by atoms with E-state index in [1.165, 1.54) is 17.1 Å². The van der Waals surface area contributed by atoms with Crippen LogP contribution in [0.5, 0.6) is 11.5 Å². The topological polar surface area (TPSA) is 93.1 Å². The van der Waals surface area contributed by atoms with E-state index in [9.17, 15) is 18.3 Å². The molecule has 2 aliphatic heterocycles. The molecule has 9 heteroatoms. The lowest BCUT2D eigenvalue weighted by Gasteiger charge is -2.42. The molecule has 0 aromatic heterocycles. The van der Waals surface area contributed by atoms with Crippen LogP contribution in [0.15, 0.2) is 47.4 Å². The van der Waals surface area contributed by atoms with Crippen molar-refractivity contribution in [3.63, 3.8) is 0 Å². The number of hydrogen-bond donors (Lipinski definition) is 1. The number of sulfonamides is 1. The maximum absolute atomic E-state index is 13.8. The van der Waals surface area contributed by atoms with Crippen molar-refractivity contribution >= 4 is 27.8 Å². The van der Waals surface area contributed by atoms with Crippen LogP contribution in [0.4, 0.5) is 0 Å². The molecule has 0 unspecified atom stereocenters. The van der Waals surface area contributed by atoms with Gasteiger partial charge in [-0.05, 0) is 56.0 Å².